The average Bonchev–Trinajstić information content (AvgIpc) is 2.40. The number of carboxylic acids is 1. The van der Waals surface area contributed by atoms with Gasteiger partial charge in [-0.15, -0.1) is 0 Å². The zero-order valence-corrected chi connectivity index (χ0v) is 11.8. The summed E-state index contributed by atoms with van der Waals surface area (Å²) in [7, 11) is 0. The van der Waals surface area contributed by atoms with E-state index in [-0.39, 0.29) is 12.5 Å². The predicted octanol–water partition coefficient (Wildman–Crippen LogP) is 2.60. The lowest BCUT2D eigenvalue weighted by Gasteiger charge is -2.30. The largest absolute Gasteiger partial charge is 0.480 e. The van der Waals surface area contributed by atoms with Crippen molar-refractivity contribution in [3.63, 3.8) is 0 Å². The Labute approximate surface area is 117 Å². The van der Waals surface area contributed by atoms with Gasteiger partial charge < -0.3 is 10.4 Å². The summed E-state index contributed by atoms with van der Waals surface area (Å²) in [5.74, 6) is -1.31. The molecule has 19 heavy (non-hydrogen) atoms. The highest BCUT2D eigenvalue weighted by Crippen LogP contribution is 2.32. The summed E-state index contributed by atoms with van der Waals surface area (Å²) in [6.07, 6.45) is 1.19. The van der Waals surface area contributed by atoms with Crippen molar-refractivity contribution < 1.29 is 14.7 Å². The van der Waals surface area contributed by atoms with Gasteiger partial charge in [0.1, 0.15) is 6.54 Å². The van der Waals surface area contributed by atoms with Crippen LogP contribution < -0.4 is 5.32 Å². The Kier molecular flexibility index (Phi) is 5.36. The maximum Gasteiger partial charge on any atom is 0.322 e. The molecule has 1 amide bonds. The molecule has 0 aliphatic rings. The fourth-order valence-electron chi connectivity index (χ4n) is 2.20. The molecule has 104 valence electrons. The Morgan fingerprint density at radius 1 is 1.21 bits per heavy atom. The number of aliphatic carboxylic acids is 1. The number of carbonyl (C=O) groups is 2. The summed E-state index contributed by atoms with van der Waals surface area (Å²) in [4.78, 5) is 22.9. The molecule has 0 heterocycles. The molecule has 0 spiro atoms. The van der Waals surface area contributed by atoms with Crippen LogP contribution in [-0.2, 0) is 15.0 Å². The van der Waals surface area contributed by atoms with Gasteiger partial charge in [0.05, 0.1) is 5.41 Å². The van der Waals surface area contributed by atoms with Crippen LogP contribution in [0.1, 0.15) is 32.3 Å². The maximum absolute atomic E-state index is 12.3. The van der Waals surface area contributed by atoms with E-state index in [0.717, 1.165) is 5.56 Å². The molecule has 0 aliphatic heterocycles. The van der Waals surface area contributed by atoms with Crippen molar-refractivity contribution in [1.82, 2.24) is 5.32 Å². The minimum absolute atomic E-state index is 0.262. The third-order valence-corrected chi connectivity index (χ3v) is 3.69. The third kappa shape index (κ3) is 3.47. The minimum Gasteiger partial charge on any atom is -0.480 e. The van der Waals surface area contributed by atoms with Gasteiger partial charge in [-0.2, -0.15) is 0 Å². The van der Waals surface area contributed by atoms with Gasteiger partial charge >= 0.3 is 5.97 Å². The number of halogens is 1. The van der Waals surface area contributed by atoms with Crippen molar-refractivity contribution in [2.24, 2.45) is 0 Å². The molecule has 5 heteroatoms. The Balaban J connectivity index is 3.05. The topological polar surface area (TPSA) is 66.4 Å². The summed E-state index contributed by atoms with van der Waals surface area (Å²) < 4.78 is 0. The van der Waals surface area contributed by atoms with E-state index in [1.54, 1.807) is 12.1 Å². The first-order valence-corrected chi connectivity index (χ1v) is 6.60. The van der Waals surface area contributed by atoms with Crippen molar-refractivity contribution >= 4 is 23.5 Å². The van der Waals surface area contributed by atoms with E-state index in [2.05, 4.69) is 5.32 Å². The lowest BCUT2D eigenvalue weighted by atomic mass is 9.75. The van der Waals surface area contributed by atoms with Crippen LogP contribution >= 0.6 is 11.6 Å². The first-order valence-electron chi connectivity index (χ1n) is 6.22. The maximum atomic E-state index is 12.3. The molecule has 1 aromatic rings. The van der Waals surface area contributed by atoms with Gasteiger partial charge in [-0.05, 0) is 30.5 Å². The Morgan fingerprint density at radius 3 is 2.16 bits per heavy atom. The molecule has 1 aromatic carbocycles. The predicted molar refractivity (Wildman–Crippen MR) is 74.4 cm³/mol. The van der Waals surface area contributed by atoms with Gasteiger partial charge in [-0.1, -0.05) is 37.6 Å². The number of rotatable bonds is 6. The smallest absolute Gasteiger partial charge is 0.322 e. The molecule has 2 N–H and O–H groups in total. The molecular formula is C14H18ClNO3. The van der Waals surface area contributed by atoms with Crippen LogP contribution in [0.25, 0.3) is 0 Å². The number of carboxylic acid groups (broad SMARTS) is 1. The number of carbonyl (C=O) groups excluding carboxylic acids is 1. The normalized spacial score (nSPS) is 11.1. The van der Waals surface area contributed by atoms with Crippen LogP contribution in [0.5, 0.6) is 0 Å². The Hall–Kier alpha value is -1.55. The zero-order chi connectivity index (χ0) is 14.5. The molecule has 0 fully saturated rings. The Morgan fingerprint density at radius 2 is 1.74 bits per heavy atom. The second kappa shape index (κ2) is 6.57. The van der Waals surface area contributed by atoms with Crippen molar-refractivity contribution in [1.29, 1.82) is 0 Å². The minimum atomic E-state index is -1.05. The first-order chi connectivity index (χ1) is 8.96. The number of amides is 1. The van der Waals surface area contributed by atoms with E-state index in [4.69, 9.17) is 16.7 Å². The molecule has 0 bridgehead atoms. The van der Waals surface area contributed by atoms with Crippen molar-refractivity contribution in [2.45, 2.75) is 32.1 Å². The molecule has 0 saturated carbocycles. The van der Waals surface area contributed by atoms with Crippen LogP contribution in [0.2, 0.25) is 5.02 Å². The van der Waals surface area contributed by atoms with E-state index in [9.17, 15) is 9.59 Å². The lowest BCUT2D eigenvalue weighted by molar-refractivity contribution is -0.139. The highest BCUT2D eigenvalue weighted by atomic mass is 35.5. The van der Waals surface area contributed by atoms with Crippen molar-refractivity contribution in [3.05, 3.63) is 34.9 Å². The molecule has 0 saturated heterocycles. The van der Waals surface area contributed by atoms with Crippen molar-refractivity contribution in [2.75, 3.05) is 6.54 Å². The van der Waals surface area contributed by atoms with E-state index in [1.807, 2.05) is 26.0 Å². The van der Waals surface area contributed by atoms with Gasteiger partial charge in [0.25, 0.3) is 0 Å². The van der Waals surface area contributed by atoms with Gasteiger partial charge in [-0.25, -0.2) is 0 Å². The molecule has 4 nitrogen and oxygen atoms in total. The van der Waals surface area contributed by atoms with Crippen molar-refractivity contribution in [3.8, 4) is 0 Å². The van der Waals surface area contributed by atoms with E-state index in [0.29, 0.717) is 17.9 Å². The number of benzene rings is 1. The van der Waals surface area contributed by atoms with Crippen LogP contribution in [0.3, 0.4) is 0 Å². The summed E-state index contributed by atoms with van der Waals surface area (Å²) in [6.45, 7) is 3.46. The SMILES string of the molecule is CCC(CC)(C(=O)NCC(=O)O)c1ccc(Cl)cc1. The van der Waals surface area contributed by atoms with E-state index in [1.165, 1.54) is 0 Å². The van der Waals surface area contributed by atoms with Crippen LogP contribution in [0.4, 0.5) is 0 Å². The van der Waals surface area contributed by atoms with Crippen LogP contribution in [0, 0.1) is 0 Å². The molecule has 1 rings (SSSR count). The monoisotopic (exact) mass is 283 g/mol. The number of nitrogens with one attached hydrogen (secondary N) is 1. The highest BCUT2D eigenvalue weighted by Gasteiger charge is 2.36. The fraction of sp³-hybridized carbons (Fsp3) is 0.429. The average molecular weight is 284 g/mol. The van der Waals surface area contributed by atoms with Crippen LogP contribution in [0.15, 0.2) is 24.3 Å². The second-order valence-electron chi connectivity index (χ2n) is 4.37. The van der Waals surface area contributed by atoms with Gasteiger partial charge in [0.15, 0.2) is 0 Å². The molecular weight excluding hydrogens is 266 g/mol. The van der Waals surface area contributed by atoms with Gasteiger partial charge in [-0.3, -0.25) is 9.59 Å². The molecule has 0 aliphatic carbocycles. The third-order valence-electron chi connectivity index (χ3n) is 3.44. The quantitative estimate of drug-likeness (QED) is 0.843. The summed E-state index contributed by atoms with van der Waals surface area (Å²) >= 11 is 5.85. The molecule has 0 aromatic heterocycles. The summed E-state index contributed by atoms with van der Waals surface area (Å²) in [5.41, 5.74) is 0.143. The second-order valence-corrected chi connectivity index (χ2v) is 4.81. The molecule has 0 radical (unpaired) electrons. The zero-order valence-electron chi connectivity index (χ0n) is 11.1. The lowest BCUT2D eigenvalue weighted by Crippen LogP contribution is -2.45. The standard InChI is InChI=1S/C14H18ClNO3/c1-3-14(4-2,13(19)16-9-12(17)18)10-5-7-11(15)8-6-10/h5-8H,3-4,9H2,1-2H3,(H,16,19)(H,17,18). The highest BCUT2D eigenvalue weighted by molar-refractivity contribution is 6.30. The number of hydrogen-bond donors (Lipinski definition) is 2. The molecule has 0 atom stereocenters. The summed E-state index contributed by atoms with van der Waals surface area (Å²) in [6, 6.07) is 7.11. The van der Waals surface area contributed by atoms with Crippen LogP contribution in [-0.4, -0.2) is 23.5 Å². The van der Waals surface area contributed by atoms with E-state index >= 15 is 0 Å². The number of hydrogen-bond acceptors (Lipinski definition) is 2. The van der Waals surface area contributed by atoms with E-state index < -0.39 is 11.4 Å². The summed E-state index contributed by atoms with van der Waals surface area (Å²) in [5, 5.41) is 11.7. The van der Waals surface area contributed by atoms with Gasteiger partial charge in [0, 0.05) is 5.02 Å². The first kappa shape index (κ1) is 15.5. The Bertz CT molecular complexity index is 452. The molecule has 0 unspecified atom stereocenters. The fourth-order valence-corrected chi connectivity index (χ4v) is 2.33. The van der Waals surface area contributed by atoms with Gasteiger partial charge in [0.2, 0.25) is 5.91 Å².